The van der Waals surface area contributed by atoms with E-state index in [-0.39, 0.29) is 0 Å². The summed E-state index contributed by atoms with van der Waals surface area (Å²) >= 11 is 6.07. The maximum atomic E-state index is 6.07. The molecule has 5 heteroatoms. The summed E-state index contributed by atoms with van der Waals surface area (Å²) in [5.74, 6) is 1.98. The molecule has 0 aliphatic rings. The van der Waals surface area contributed by atoms with Crippen LogP contribution in [0.2, 0.25) is 5.02 Å². The summed E-state index contributed by atoms with van der Waals surface area (Å²) in [4.78, 5) is 8.37. The second-order valence-electron chi connectivity index (χ2n) is 4.44. The predicted octanol–water partition coefficient (Wildman–Crippen LogP) is 3.80. The third-order valence-electron chi connectivity index (χ3n) is 3.07. The van der Waals surface area contributed by atoms with Crippen LogP contribution < -0.4 is 10.6 Å². The summed E-state index contributed by atoms with van der Waals surface area (Å²) in [5, 5.41) is 6.80. The number of unbranched alkanes of at least 4 members (excludes halogenated alkanes) is 1. The second kappa shape index (κ2) is 8.14. The van der Waals surface area contributed by atoms with Crippen LogP contribution in [-0.2, 0) is 0 Å². The van der Waals surface area contributed by atoms with Crippen molar-refractivity contribution < 1.29 is 0 Å². The van der Waals surface area contributed by atoms with Crippen molar-refractivity contribution in [1.82, 2.24) is 9.97 Å². The summed E-state index contributed by atoms with van der Waals surface area (Å²) in [6, 6.07) is 0. The van der Waals surface area contributed by atoms with Gasteiger partial charge in [-0.3, -0.25) is 0 Å². The number of hydrogen-bond acceptors (Lipinski definition) is 4. The molecule has 1 atom stereocenters. The SMILES string of the molecule is CCCCC(CC)CNc1nc(NC)ncc1Cl. The van der Waals surface area contributed by atoms with Crippen molar-refractivity contribution in [3.05, 3.63) is 11.2 Å². The number of aromatic nitrogens is 2. The summed E-state index contributed by atoms with van der Waals surface area (Å²) in [6.45, 7) is 5.36. The first-order chi connectivity index (χ1) is 8.71. The number of rotatable bonds is 8. The van der Waals surface area contributed by atoms with Crippen molar-refractivity contribution in [2.75, 3.05) is 24.2 Å². The van der Waals surface area contributed by atoms with E-state index in [1.807, 2.05) is 0 Å². The Bertz CT molecular complexity index is 357. The Kier molecular flexibility index (Phi) is 6.80. The van der Waals surface area contributed by atoms with Crippen molar-refractivity contribution in [3.63, 3.8) is 0 Å². The van der Waals surface area contributed by atoms with Gasteiger partial charge in [0.25, 0.3) is 0 Å². The van der Waals surface area contributed by atoms with Crippen molar-refractivity contribution in [1.29, 1.82) is 0 Å². The highest BCUT2D eigenvalue weighted by molar-refractivity contribution is 6.32. The third kappa shape index (κ3) is 4.69. The van der Waals surface area contributed by atoms with E-state index < -0.39 is 0 Å². The average Bonchev–Trinajstić information content (AvgIpc) is 2.40. The van der Waals surface area contributed by atoms with E-state index in [9.17, 15) is 0 Å². The number of halogens is 1. The van der Waals surface area contributed by atoms with E-state index in [1.165, 1.54) is 25.7 Å². The second-order valence-corrected chi connectivity index (χ2v) is 4.84. The Morgan fingerprint density at radius 1 is 1.39 bits per heavy atom. The lowest BCUT2D eigenvalue weighted by Gasteiger charge is -2.16. The molecule has 102 valence electrons. The van der Waals surface area contributed by atoms with E-state index in [4.69, 9.17) is 11.6 Å². The quantitative estimate of drug-likeness (QED) is 0.754. The maximum Gasteiger partial charge on any atom is 0.224 e. The van der Waals surface area contributed by atoms with Gasteiger partial charge in [0.1, 0.15) is 10.8 Å². The van der Waals surface area contributed by atoms with Gasteiger partial charge < -0.3 is 10.6 Å². The summed E-state index contributed by atoms with van der Waals surface area (Å²) in [7, 11) is 1.79. The summed E-state index contributed by atoms with van der Waals surface area (Å²) in [5.41, 5.74) is 0. The fraction of sp³-hybridized carbons (Fsp3) is 0.692. The molecule has 0 bridgehead atoms. The maximum absolute atomic E-state index is 6.07. The van der Waals surface area contributed by atoms with Crippen LogP contribution in [0, 0.1) is 5.92 Å². The third-order valence-corrected chi connectivity index (χ3v) is 3.35. The van der Waals surface area contributed by atoms with Crippen LogP contribution in [0.5, 0.6) is 0 Å². The van der Waals surface area contributed by atoms with Crippen molar-refractivity contribution in [2.45, 2.75) is 39.5 Å². The molecule has 1 aromatic heterocycles. The lowest BCUT2D eigenvalue weighted by atomic mass is 9.99. The minimum Gasteiger partial charge on any atom is -0.368 e. The Morgan fingerprint density at radius 2 is 2.17 bits per heavy atom. The van der Waals surface area contributed by atoms with Crippen molar-refractivity contribution in [3.8, 4) is 0 Å². The normalized spacial score (nSPS) is 12.2. The molecule has 0 aliphatic carbocycles. The van der Waals surface area contributed by atoms with Crippen LogP contribution in [0.25, 0.3) is 0 Å². The van der Waals surface area contributed by atoms with Crippen molar-refractivity contribution in [2.24, 2.45) is 5.92 Å². The summed E-state index contributed by atoms with van der Waals surface area (Å²) < 4.78 is 0. The van der Waals surface area contributed by atoms with Crippen LogP contribution >= 0.6 is 11.6 Å². The van der Waals surface area contributed by atoms with Crippen molar-refractivity contribution >= 4 is 23.4 Å². The monoisotopic (exact) mass is 270 g/mol. The molecule has 4 nitrogen and oxygen atoms in total. The number of nitrogens with zero attached hydrogens (tertiary/aromatic N) is 2. The molecule has 0 aliphatic heterocycles. The number of anilines is 2. The minimum absolute atomic E-state index is 0.569. The smallest absolute Gasteiger partial charge is 0.224 e. The summed E-state index contributed by atoms with van der Waals surface area (Å²) in [6.07, 6.45) is 6.57. The molecule has 18 heavy (non-hydrogen) atoms. The zero-order valence-corrected chi connectivity index (χ0v) is 12.2. The van der Waals surface area contributed by atoms with Gasteiger partial charge in [-0.15, -0.1) is 0 Å². The molecule has 0 radical (unpaired) electrons. The molecular weight excluding hydrogens is 248 g/mol. The Morgan fingerprint density at radius 3 is 2.78 bits per heavy atom. The molecule has 0 aromatic carbocycles. The lowest BCUT2D eigenvalue weighted by molar-refractivity contribution is 0.472. The topological polar surface area (TPSA) is 49.8 Å². The fourth-order valence-corrected chi connectivity index (χ4v) is 1.95. The standard InChI is InChI=1S/C13H23ClN4/c1-4-6-7-10(5-2)8-16-12-11(14)9-17-13(15-3)18-12/h9-10H,4-8H2,1-3H3,(H2,15,16,17,18). The molecule has 0 fully saturated rings. The Balaban J connectivity index is 2.55. The van der Waals surface area contributed by atoms with E-state index in [1.54, 1.807) is 13.2 Å². The van der Waals surface area contributed by atoms with E-state index >= 15 is 0 Å². The molecule has 0 spiro atoms. The number of nitrogens with one attached hydrogen (secondary N) is 2. The fourth-order valence-electron chi connectivity index (χ4n) is 1.80. The first kappa shape index (κ1) is 15.0. The van der Waals surface area contributed by atoms with E-state index in [2.05, 4.69) is 34.4 Å². The van der Waals surface area contributed by atoms with Crippen LogP contribution in [0.3, 0.4) is 0 Å². The van der Waals surface area contributed by atoms with Gasteiger partial charge in [0, 0.05) is 13.6 Å². The minimum atomic E-state index is 0.569. The van der Waals surface area contributed by atoms with E-state index in [0.717, 1.165) is 6.54 Å². The molecular formula is C13H23ClN4. The van der Waals surface area contributed by atoms with E-state index in [0.29, 0.717) is 22.7 Å². The highest BCUT2D eigenvalue weighted by atomic mass is 35.5. The average molecular weight is 271 g/mol. The Labute approximate surface area is 115 Å². The molecule has 2 N–H and O–H groups in total. The predicted molar refractivity (Wildman–Crippen MR) is 78.4 cm³/mol. The van der Waals surface area contributed by atoms with Gasteiger partial charge in [0.2, 0.25) is 5.95 Å². The van der Waals surface area contributed by atoms with Crippen LogP contribution in [0.15, 0.2) is 6.20 Å². The highest BCUT2D eigenvalue weighted by Crippen LogP contribution is 2.21. The van der Waals surface area contributed by atoms with Gasteiger partial charge in [0.15, 0.2) is 0 Å². The molecule has 1 rings (SSSR count). The zero-order valence-electron chi connectivity index (χ0n) is 11.5. The largest absolute Gasteiger partial charge is 0.368 e. The zero-order chi connectivity index (χ0) is 13.4. The lowest BCUT2D eigenvalue weighted by Crippen LogP contribution is -2.15. The van der Waals surface area contributed by atoms with Gasteiger partial charge in [-0.1, -0.05) is 44.7 Å². The first-order valence-electron chi connectivity index (χ1n) is 6.65. The highest BCUT2D eigenvalue weighted by Gasteiger charge is 2.09. The van der Waals surface area contributed by atoms with Gasteiger partial charge in [-0.05, 0) is 12.3 Å². The number of hydrogen-bond donors (Lipinski definition) is 2. The van der Waals surface area contributed by atoms with Gasteiger partial charge in [-0.2, -0.15) is 4.98 Å². The first-order valence-corrected chi connectivity index (χ1v) is 7.03. The van der Waals surface area contributed by atoms with Crippen LogP contribution in [0.4, 0.5) is 11.8 Å². The Hall–Kier alpha value is -1.03. The molecule has 1 aromatic rings. The molecule has 1 unspecified atom stereocenters. The molecule has 0 saturated heterocycles. The molecule has 0 saturated carbocycles. The van der Waals surface area contributed by atoms with Gasteiger partial charge in [0.05, 0.1) is 6.20 Å². The molecule has 0 amide bonds. The van der Waals surface area contributed by atoms with Gasteiger partial charge >= 0.3 is 0 Å². The van der Waals surface area contributed by atoms with Crippen LogP contribution in [-0.4, -0.2) is 23.6 Å². The van der Waals surface area contributed by atoms with Crippen LogP contribution in [0.1, 0.15) is 39.5 Å². The molecule has 1 heterocycles. The van der Waals surface area contributed by atoms with Gasteiger partial charge in [-0.25, -0.2) is 4.98 Å².